The summed E-state index contributed by atoms with van der Waals surface area (Å²) in [4.78, 5) is 8.56. The maximum atomic E-state index is 8.56. The lowest BCUT2D eigenvalue weighted by atomic mass is 9.63. The van der Waals surface area contributed by atoms with Gasteiger partial charge in [-0.25, -0.2) is 4.79 Å². The summed E-state index contributed by atoms with van der Waals surface area (Å²) >= 11 is 0. The van der Waals surface area contributed by atoms with Crippen LogP contribution in [0.15, 0.2) is 42.0 Å². The first-order valence-corrected chi connectivity index (χ1v) is 11.7. The molecule has 0 amide bonds. The molecule has 0 heterocycles. The minimum atomic E-state index is -1.83. The Morgan fingerprint density at radius 1 is 1.03 bits per heavy atom. The van der Waals surface area contributed by atoms with E-state index in [9.17, 15) is 0 Å². The van der Waals surface area contributed by atoms with E-state index in [0.717, 1.165) is 18.8 Å². The van der Waals surface area contributed by atoms with Crippen molar-refractivity contribution in [1.82, 2.24) is 0 Å². The number of allylic oxidation sites excluding steroid dienone is 5. The van der Waals surface area contributed by atoms with E-state index in [1.807, 2.05) is 0 Å². The van der Waals surface area contributed by atoms with E-state index in [1.165, 1.54) is 47.9 Å². The Labute approximate surface area is 194 Å². The van der Waals surface area contributed by atoms with Crippen LogP contribution in [0.1, 0.15) is 97.3 Å². The zero-order valence-corrected chi connectivity index (χ0v) is 21.0. The first-order valence-electron chi connectivity index (χ1n) is 11.7. The summed E-state index contributed by atoms with van der Waals surface area (Å²) in [7, 11) is 0. The lowest BCUT2D eigenvalue weighted by molar-refractivity contribution is 0.137. The Morgan fingerprint density at radius 2 is 1.59 bits per heavy atom. The quantitative estimate of drug-likeness (QED) is 0.313. The van der Waals surface area contributed by atoms with Crippen LogP contribution in [0.5, 0.6) is 5.75 Å². The van der Waals surface area contributed by atoms with Crippen LogP contribution in [-0.2, 0) is 10.8 Å². The third kappa shape index (κ3) is 8.57. The van der Waals surface area contributed by atoms with Crippen molar-refractivity contribution in [3.8, 4) is 5.75 Å². The fourth-order valence-electron chi connectivity index (χ4n) is 3.86. The third-order valence-corrected chi connectivity index (χ3v) is 6.19. The van der Waals surface area contributed by atoms with Gasteiger partial charge in [0.2, 0.25) is 0 Å². The van der Waals surface area contributed by atoms with Gasteiger partial charge in [0.05, 0.1) is 6.61 Å². The van der Waals surface area contributed by atoms with Crippen LogP contribution < -0.4 is 4.74 Å². The van der Waals surface area contributed by atoms with Gasteiger partial charge in [0.25, 0.3) is 0 Å². The lowest BCUT2D eigenvalue weighted by Crippen LogP contribution is -2.34. The smallest absolute Gasteiger partial charge is 0.493 e. The molecule has 0 radical (unpaired) electrons. The second-order valence-corrected chi connectivity index (χ2v) is 9.79. The minimum absolute atomic E-state index is 0.206. The summed E-state index contributed by atoms with van der Waals surface area (Å²) in [6, 6.07) is 4.72. The van der Waals surface area contributed by atoms with Crippen molar-refractivity contribution in [3.63, 3.8) is 0 Å². The molecule has 1 aliphatic carbocycles. The number of carbonyl (C=O) groups is 1. The summed E-state index contributed by atoms with van der Waals surface area (Å²) in [5.74, 6) is 1.04. The summed E-state index contributed by atoms with van der Waals surface area (Å²) < 4.78 is 6.28. The monoisotopic (exact) mass is 442 g/mol. The summed E-state index contributed by atoms with van der Waals surface area (Å²) in [5, 5.41) is 13.9. The molecule has 0 unspecified atom stereocenters. The molecular weight excluding hydrogens is 400 g/mol. The molecule has 2 N–H and O–H groups in total. The number of hydrogen-bond donors (Lipinski definition) is 2. The molecule has 178 valence electrons. The van der Waals surface area contributed by atoms with Gasteiger partial charge >= 0.3 is 6.16 Å². The molecule has 0 saturated heterocycles. The average molecular weight is 443 g/mol. The van der Waals surface area contributed by atoms with Crippen LogP contribution in [0.3, 0.4) is 0 Å². The van der Waals surface area contributed by atoms with E-state index in [4.69, 9.17) is 19.7 Å². The van der Waals surface area contributed by atoms with Crippen LogP contribution in [0.4, 0.5) is 4.79 Å². The summed E-state index contributed by atoms with van der Waals surface area (Å²) in [5.41, 5.74) is 5.84. The molecular formula is C28H42O4. The molecule has 0 aromatic heterocycles. The highest BCUT2D eigenvalue weighted by Crippen LogP contribution is 2.47. The molecule has 0 bridgehead atoms. The minimum Gasteiger partial charge on any atom is -0.493 e. The average Bonchev–Trinajstić information content (AvgIpc) is 2.71. The van der Waals surface area contributed by atoms with Crippen molar-refractivity contribution in [2.45, 2.75) is 91.4 Å². The predicted octanol–water partition coefficient (Wildman–Crippen LogP) is 8.36. The SMILES string of the molecule is C/C=C(C)/C=C/C=C/c1cc2c(cc1OCCCCC)C(C)(C)CCC2(C)C.O=C(O)O. The summed E-state index contributed by atoms with van der Waals surface area (Å²) in [6.07, 6.45) is 14.9. The normalized spacial score (nSPS) is 17.0. The van der Waals surface area contributed by atoms with Gasteiger partial charge in [0.15, 0.2) is 0 Å². The second kappa shape index (κ2) is 12.5. The molecule has 4 heteroatoms. The van der Waals surface area contributed by atoms with Crippen molar-refractivity contribution in [2.75, 3.05) is 6.61 Å². The fourth-order valence-corrected chi connectivity index (χ4v) is 3.86. The molecule has 2 rings (SSSR count). The molecule has 0 aliphatic heterocycles. The van der Waals surface area contributed by atoms with Gasteiger partial charge in [0.1, 0.15) is 5.75 Å². The van der Waals surface area contributed by atoms with Gasteiger partial charge in [0, 0.05) is 5.56 Å². The first-order chi connectivity index (χ1) is 14.9. The van der Waals surface area contributed by atoms with E-state index in [-0.39, 0.29) is 10.8 Å². The molecule has 4 nitrogen and oxygen atoms in total. The van der Waals surface area contributed by atoms with Crippen LogP contribution in [0.25, 0.3) is 6.08 Å². The van der Waals surface area contributed by atoms with Gasteiger partial charge in [-0.15, -0.1) is 0 Å². The van der Waals surface area contributed by atoms with E-state index in [2.05, 4.69) is 91.0 Å². The number of rotatable bonds is 8. The third-order valence-electron chi connectivity index (χ3n) is 6.19. The van der Waals surface area contributed by atoms with E-state index < -0.39 is 6.16 Å². The molecule has 0 saturated carbocycles. The van der Waals surface area contributed by atoms with Crippen LogP contribution >= 0.6 is 0 Å². The molecule has 0 atom stereocenters. The molecule has 1 aromatic carbocycles. The topological polar surface area (TPSA) is 66.8 Å². The largest absolute Gasteiger partial charge is 0.503 e. The van der Waals surface area contributed by atoms with E-state index in [1.54, 1.807) is 0 Å². The molecule has 32 heavy (non-hydrogen) atoms. The Kier molecular flexibility index (Phi) is 10.8. The molecule has 1 aliphatic rings. The standard InChI is InChI=1S/C27H40O.CH2O3/c1-8-10-13-18-28-25-20-24-23(26(4,5)16-17-27(24,6)7)19-22(25)15-12-11-14-21(3)9-2;2-1(3)4/h9,11-12,14-15,19-20H,8,10,13,16-18H2,1-7H3;(H2,2,3,4)/b14-11+,15-12+,21-9+;. The van der Waals surface area contributed by atoms with Gasteiger partial charge in [-0.2, -0.15) is 0 Å². The number of hydrogen-bond acceptors (Lipinski definition) is 2. The highest BCUT2D eigenvalue weighted by atomic mass is 16.6. The summed E-state index contributed by atoms with van der Waals surface area (Å²) in [6.45, 7) is 16.7. The van der Waals surface area contributed by atoms with Crippen LogP contribution in [-0.4, -0.2) is 23.0 Å². The van der Waals surface area contributed by atoms with Gasteiger partial charge in [-0.1, -0.05) is 83.4 Å². The first kappa shape index (κ1) is 27.5. The van der Waals surface area contributed by atoms with Crippen molar-refractivity contribution in [2.24, 2.45) is 0 Å². The number of fused-ring (bicyclic) bond motifs is 1. The van der Waals surface area contributed by atoms with Crippen molar-refractivity contribution in [1.29, 1.82) is 0 Å². The zero-order valence-electron chi connectivity index (χ0n) is 21.0. The van der Waals surface area contributed by atoms with Crippen molar-refractivity contribution in [3.05, 3.63) is 58.7 Å². The van der Waals surface area contributed by atoms with Crippen molar-refractivity contribution >= 4 is 12.2 Å². The predicted molar refractivity (Wildman–Crippen MR) is 135 cm³/mol. The maximum Gasteiger partial charge on any atom is 0.503 e. The second-order valence-electron chi connectivity index (χ2n) is 9.79. The highest BCUT2D eigenvalue weighted by molar-refractivity contribution is 5.63. The van der Waals surface area contributed by atoms with Crippen LogP contribution in [0, 0.1) is 0 Å². The van der Waals surface area contributed by atoms with E-state index >= 15 is 0 Å². The van der Waals surface area contributed by atoms with Gasteiger partial charge in [-0.05, 0) is 67.2 Å². The Bertz CT molecular complexity index is 837. The van der Waals surface area contributed by atoms with Gasteiger partial charge < -0.3 is 14.9 Å². The van der Waals surface area contributed by atoms with Crippen LogP contribution in [0.2, 0.25) is 0 Å². The number of ether oxygens (including phenoxy) is 1. The molecule has 0 spiro atoms. The Balaban J connectivity index is 0.00000118. The van der Waals surface area contributed by atoms with Crippen molar-refractivity contribution < 1.29 is 19.7 Å². The zero-order chi connectivity index (χ0) is 24.4. The Morgan fingerprint density at radius 3 is 2.12 bits per heavy atom. The number of unbranched alkanes of at least 4 members (excludes halogenated alkanes) is 2. The number of carboxylic acid groups (broad SMARTS) is 2. The van der Waals surface area contributed by atoms with Gasteiger partial charge in [-0.3, -0.25) is 0 Å². The van der Waals surface area contributed by atoms with E-state index in [0.29, 0.717) is 0 Å². The maximum absolute atomic E-state index is 8.56. The molecule has 0 fully saturated rings. The fraction of sp³-hybridized carbons (Fsp3) is 0.536. The number of benzene rings is 1. The highest BCUT2D eigenvalue weighted by Gasteiger charge is 2.37. The Hall–Kier alpha value is -2.49. The molecule has 1 aromatic rings. The lowest BCUT2D eigenvalue weighted by Gasteiger charge is -2.42.